The highest BCUT2D eigenvalue weighted by Crippen LogP contribution is 2.40. The molecule has 0 aliphatic carbocycles. The maximum atomic E-state index is 12.5. The molecule has 5 aromatic rings. The van der Waals surface area contributed by atoms with Crippen LogP contribution in [0.25, 0.3) is 11.1 Å². The molecule has 1 aliphatic rings. The quantitative estimate of drug-likeness (QED) is 0.126. The zero-order valence-electron chi connectivity index (χ0n) is 25.6. The topological polar surface area (TPSA) is 105 Å². The third-order valence-electron chi connectivity index (χ3n) is 8.09. The van der Waals surface area contributed by atoms with Gasteiger partial charge >= 0.3 is 5.97 Å². The third kappa shape index (κ3) is 8.17. The molecule has 0 aromatic heterocycles. The minimum absolute atomic E-state index is 0.0304. The Labute approximate surface area is 278 Å². The van der Waals surface area contributed by atoms with Crippen LogP contribution in [0.1, 0.15) is 61.8 Å². The number of carbonyl (C=O) groups excluding carboxylic acids is 1. The molecule has 0 bridgehead atoms. The number of carboxylic acids is 1. The lowest BCUT2D eigenvalue weighted by molar-refractivity contribution is -0.245. The fourth-order valence-electron chi connectivity index (χ4n) is 5.54. The van der Waals surface area contributed by atoms with E-state index in [0.717, 1.165) is 33.4 Å². The van der Waals surface area contributed by atoms with E-state index in [-0.39, 0.29) is 30.3 Å². The molecule has 1 aliphatic heterocycles. The van der Waals surface area contributed by atoms with Gasteiger partial charge in [0.1, 0.15) is 0 Å². The summed E-state index contributed by atoms with van der Waals surface area (Å²) < 4.78 is 13.0. The maximum Gasteiger partial charge on any atom is 0.336 e. The van der Waals surface area contributed by atoms with Gasteiger partial charge < -0.3 is 25.0 Å². The molecule has 1 fully saturated rings. The lowest BCUT2D eigenvalue weighted by atomic mass is 9.99. The first-order valence-corrected chi connectivity index (χ1v) is 16.4. The standard InChI is InChI=1S/C39H35NO6S/c41-24-26-13-15-29(16-14-26)35-22-33(25-47-36-12-5-4-11-34(36)38(43)44)45-39(46-35)31-19-17-28(18-20-31)32-10-6-7-27(21-32)23-40-37(42)30-8-2-1-3-9-30/h1-21,33,35,39,41H,22-25H2,(H,40,42)(H,43,44)/t33-,35+,39+/m0/s1. The van der Waals surface area contributed by atoms with E-state index in [0.29, 0.717) is 29.2 Å². The Morgan fingerprint density at radius 1 is 0.745 bits per heavy atom. The lowest BCUT2D eigenvalue weighted by Gasteiger charge is -2.36. The van der Waals surface area contributed by atoms with E-state index >= 15 is 0 Å². The molecule has 238 valence electrons. The summed E-state index contributed by atoms with van der Waals surface area (Å²) in [5.74, 6) is -0.511. The number of amides is 1. The number of rotatable bonds is 11. The van der Waals surface area contributed by atoms with Gasteiger partial charge in [0.15, 0.2) is 6.29 Å². The Hall–Kier alpha value is -4.73. The second-order valence-electron chi connectivity index (χ2n) is 11.3. The third-order valence-corrected chi connectivity index (χ3v) is 9.29. The summed E-state index contributed by atoms with van der Waals surface area (Å²) in [7, 11) is 0. The molecule has 0 unspecified atom stereocenters. The smallest absolute Gasteiger partial charge is 0.336 e. The van der Waals surface area contributed by atoms with Crippen LogP contribution in [0.5, 0.6) is 0 Å². The van der Waals surface area contributed by atoms with Crippen molar-refractivity contribution in [2.24, 2.45) is 0 Å². The monoisotopic (exact) mass is 645 g/mol. The Bertz CT molecular complexity index is 1810. The molecular formula is C39H35NO6S. The zero-order valence-corrected chi connectivity index (χ0v) is 26.4. The average Bonchev–Trinajstić information content (AvgIpc) is 3.13. The van der Waals surface area contributed by atoms with Crippen molar-refractivity contribution in [3.63, 3.8) is 0 Å². The van der Waals surface area contributed by atoms with Crippen LogP contribution in [0.15, 0.2) is 132 Å². The predicted molar refractivity (Wildman–Crippen MR) is 182 cm³/mol. The molecule has 3 N–H and O–H groups in total. The van der Waals surface area contributed by atoms with Crippen molar-refractivity contribution in [1.29, 1.82) is 0 Å². The van der Waals surface area contributed by atoms with E-state index < -0.39 is 12.3 Å². The molecule has 0 saturated carbocycles. The highest BCUT2D eigenvalue weighted by Gasteiger charge is 2.32. The number of hydrogen-bond acceptors (Lipinski definition) is 6. The van der Waals surface area contributed by atoms with Crippen molar-refractivity contribution >= 4 is 23.6 Å². The highest BCUT2D eigenvalue weighted by atomic mass is 32.2. The molecule has 6 rings (SSSR count). The molecule has 3 atom stereocenters. The van der Waals surface area contributed by atoms with Crippen LogP contribution in [-0.4, -0.2) is 33.9 Å². The van der Waals surface area contributed by atoms with Gasteiger partial charge in [-0.1, -0.05) is 97.1 Å². The highest BCUT2D eigenvalue weighted by molar-refractivity contribution is 7.99. The summed E-state index contributed by atoms with van der Waals surface area (Å²) in [5, 5.41) is 22.1. The average molecular weight is 646 g/mol. The first-order chi connectivity index (χ1) is 23.0. The van der Waals surface area contributed by atoms with Crippen LogP contribution in [0.2, 0.25) is 0 Å². The lowest BCUT2D eigenvalue weighted by Crippen LogP contribution is -2.31. The number of thioether (sulfide) groups is 1. The van der Waals surface area contributed by atoms with E-state index in [1.165, 1.54) is 11.8 Å². The fourth-order valence-corrected chi connectivity index (χ4v) is 6.61. The van der Waals surface area contributed by atoms with Gasteiger partial charge in [-0.2, -0.15) is 0 Å². The van der Waals surface area contributed by atoms with Gasteiger partial charge in [0.25, 0.3) is 5.91 Å². The molecule has 0 spiro atoms. The van der Waals surface area contributed by atoms with Crippen LogP contribution in [-0.2, 0) is 22.6 Å². The number of ether oxygens (including phenoxy) is 2. The van der Waals surface area contributed by atoms with Crippen LogP contribution in [0.3, 0.4) is 0 Å². The van der Waals surface area contributed by atoms with Crippen molar-refractivity contribution in [3.8, 4) is 11.1 Å². The van der Waals surface area contributed by atoms with E-state index in [1.54, 1.807) is 24.3 Å². The molecule has 1 saturated heterocycles. The second kappa shape index (κ2) is 15.2. The van der Waals surface area contributed by atoms with Crippen molar-refractivity contribution < 1.29 is 29.3 Å². The number of nitrogens with one attached hydrogen (secondary N) is 1. The van der Waals surface area contributed by atoms with Gasteiger partial charge in [0, 0.05) is 34.7 Å². The predicted octanol–water partition coefficient (Wildman–Crippen LogP) is 7.81. The Morgan fingerprint density at radius 2 is 1.47 bits per heavy atom. The van der Waals surface area contributed by atoms with Gasteiger partial charge in [-0.25, -0.2) is 4.79 Å². The fraction of sp³-hybridized carbons (Fsp3) is 0.179. The summed E-state index contributed by atoms with van der Waals surface area (Å²) >= 11 is 1.47. The maximum absolute atomic E-state index is 12.5. The van der Waals surface area contributed by atoms with E-state index in [9.17, 15) is 19.8 Å². The largest absolute Gasteiger partial charge is 0.478 e. The first-order valence-electron chi connectivity index (χ1n) is 15.4. The van der Waals surface area contributed by atoms with Gasteiger partial charge in [0.05, 0.1) is 24.4 Å². The Kier molecular flexibility index (Phi) is 10.4. The SMILES string of the molecule is O=C(NCc1cccc(-c2ccc([C@@H]3O[C@H](CSc4ccccc4C(=O)O)C[C@H](c4ccc(CO)cc4)O3)cc2)c1)c1ccccc1. The molecule has 47 heavy (non-hydrogen) atoms. The van der Waals surface area contributed by atoms with E-state index in [2.05, 4.69) is 11.4 Å². The molecule has 5 aromatic carbocycles. The van der Waals surface area contributed by atoms with Crippen LogP contribution in [0, 0.1) is 0 Å². The molecule has 1 amide bonds. The zero-order chi connectivity index (χ0) is 32.6. The molecule has 1 heterocycles. The van der Waals surface area contributed by atoms with Gasteiger partial charge in [-0.3, -0.25) is 4.79 Å². The minimum Gasteiger partial charge on any atom is -0.478 e. The Morgan fingerprint density at radius 3 is 2.21 bits per heavy atom. The van der Waals surface area contributed by atoms with Crippen LogP contribution < -0.4 is 5.32 Å². The Balaban J connectivity index is 1.17. The number of hydrogen-bond donors (Lipinski definition) is 3. The summed E-state index contributed by atoms with van der Waals surface area (Å²) in [6, 6.07) is 40.1. The summed E-state index contributed by atoms with van der Waals surface area (Å²) in [6.45, 7) is 0.387. The normalized spacial score (nSPS) is 17.6. The summed E-state index contributed by atoms with van der Waals surface area (Å²) in [4.78, 5) is 25.0. The van der Waals surface area contributed by atoms with Gasteiger partial charge in [-0.05, 0) is 58.1 Å². The number of benzene rings is 5. The first kappa shape index (κ1) is 32.2. The summed E-state index contributed by atoms with van der Waals surface area (Å²) in [5.41, 5.74) is 6.64. The molecule has 8 heteroatoms. The minimum atomic E-state index is -0.955. The molecule has 0 radical (unpaired) electrons. The number of aromatic carboxylic acids is 1. The summed E-state index contributed by atoms with van der Waals surface area (Å²) in [6.07, 6.45) is -0.474. The molecular weight excluding hydrogens is 610 g/mol. The van der Waals surface area contributed by atoms with Crippen LogP contribution in [0.4, 0.5) is 0 Å². The van der Waals surface area contributed by atoms with Gasteiger partial charge in [-0.15, -0.1) is 11.8 Å². The van der Waals surface area contributed by atoms with Gasteiger partial charge in [0.2, 0.25) is 0 Å². The van der Waals surface area contributed by atoms with Crippen molar-refractivity contribution in [2.75, 3.05) is 5.75 Å². The number of aliphatic hydroxyl groups excluding tert-OH is 1. The molecule has 7 nitrogen and oxygen atoms in total. The number of aliphatic hydroxyl groups is 1. The number of carboxylic acid groups (broad SMARTS) is 1. The van der Waals surface area contributed by atoms with Crippen molar-refractivity contribution in [3.05, 3.63) is 161 Å². The van der Waals surface area contributed by atoms with Crippen molar-refractivity contribution in [2.45, 2.75) is 43.0 Å². The van der Waals surface area contributed by atoms with E-state index in [1.807, 2.05) is 97.1 Å². The second-order valence-corrected chi connectivity index (χ2v) is 12.4. The number of carbonyl (C=O) groups is 2. The van der Waals surface area contributed by atoms with Crippen LogP contribution >= 0.6 is 11.8 Å². The van der Waals surface area contributed by atoms with Crippen molar-refractivity contribution in [1.82, 2.24) is 5.32 Å². The van der Waals surface area contributed by atoms with E-state index in [4.69, 9.17) is 9.47 Å².